The first kappa shape index (κ1) is 16.1. The topological polar surface area (TPSA) is 68.5 Å². The van der Waals surface area contributed by atoms with Crippen LogP contribution in [0.15, 0.2) is 46.9 Å². The van der Waals surface area contributed by atoms with Crippen LogP contribution < -0.4 is 10.3 Å². The van der Waals surface area contributed by atoms with E-state index in [0.717, 1.165) is 11.6 Å². The van der Waals surface area contributed by atoms with Gasteiger partial charge in [-0.05, 0) is 57.5 Å². The van der Waals surface area contributed by atoms with Crippen molar-refractivity contribution in [2.45, 2.75) is 33.3 Å². The van der Waals surface area contributed by atoms with E-state index in [-0.39, 0.29) is 17.1 Å². The summed E-state index contributed by atoms with van der Waals surface area (Å²) >= 11 is 0. The third-order valence-corrected chi connectivity index (χ3v) is 4.41. The Labute approximate surface area is 139 Å². The molecule has 0 radical (unpaired) electrons. The van der Waals surface area contributed by atoms with E-state index in [1.54, 1.807) is 18.2 Å². The zero-order chi connectivity index (χ0) is 17.6. The maximum Gasteiger partial charge on any atom is 0.258 e. The number of rotatable bonds is 2. The summed E-state index contributed by atoms with van der Waals surface area (Å²) in [6, 6.07) is 7.84. The summed E-state index contributed by atoms with van der Waals surface area (Å²) in [5.74, 6) is 0.474. The Morgan fingerprint density at radius 3 is 2.54 bits per heavy atom. The van der Waals surface area contributed by atoms with Crippen LogP contribution in [0, 0.1) is 0 Å². The molecule has 2 heterocycles. The second-order valence-corrected chi connectivity index (χ2v) is 6.45. The number of Topliss-reactive ketones (excluding diaryl/α,β-unsaturated/α-hetero) is 1. The maximum atomic E-state index is 12.4. The van der Waals surface area contributed by atoms with Crippen molar-refractivity contribution in [1.29, 1.82) is 0 Å². The summed E-state index contributed by atoms with van der Waals surface area (Å²) in [5, 5.41) is 9.52. The lowest BCUT2D eigenvalue weighted by molar-refractivity contribution is 0.101. The Hall–Kier alpha value is -2.82. The van der Waals surface area contributed by atoms with E-state index in [9.17, 15) is 14.7 Å². The van der Waals surface area contributed by atoms with Crippen LogP contribution in [0.3, 0.4) is 0 Å². The van der Waals surface area contributed by atoms with Crippen molar-refractivity contribution in [2.24, 2.45) is 0 Å². The predicted molar refractivity (Wildman–Crippen MR) is 91.5 cm³/mol. The number of benzene rings is 1. The highest BCUT2D eigenvalue weighted by Crippen LogP contribution is 2.41. The number of fused-ring (bicyclic) bond motifs is 1. The highest BCUT2D eigenvalue weighted by atomic mass is 16.5. The number of ether oxygens (including phenoxy) is 1. The highest BCUT2D eigenvalue weighted by Gasteiger charge is 2.33. The van der Waals surface area contributed by atoms with Crippen molar-refractivity contribution in [3.05, 3.63) is 63.6 Å². The number of pyridine rings is 1. The fourth-order valence-electron chi connectivity index (χ4n) is 2.83. The zero-order valence-corrected chi connectivity index (χ0v) is 14.1. The molecule has 1 aliphatic rings. The van der Waals surface area contributed by atoms with Crippen molar-refractivity contribution < 1.29 is 14.6 Å². The number of carbonyl (C=O) groups excluding carboxylic acids is 1. The first-order valence-corrected chi connectivity index (χ1v) is 7.68. The highest BCUT2D eigenvalue weighted by molar-refractivity contribution is 5.95. The van der Waals surface area contributed by atoms with Gasteiger partial charge in [0.2, 0.25) is 0 Å². The molecule has 0 unspecified atom stereocenters. The summed E-state index contributed by atoms with van der Waals surface area (Å²) in [6.45, 7) is 7.25. The fraction of sp³-hybridized carbons (Fsp3) is 0.263. The first-order valence-electron chi connectivity index (χ1n) is 7.68. The van der Waals surface area contributed by atoms with Crippen LogP contribution in [0.25, 0.3) is 5.70 Å². The molecule has 2 aromatic rings. The number of aromatic hydroxyl groups is 1. The molecule has 5 heteroatoms. The molecular weight excluding hydrogens is 306 g/mol. The lowest BCUT2D eigenvalue weighted by Gasteiger charge is -2.36. The Morgan fingerprint density at radius 2 is 1.92 bits per heavy atom. The van der Waals surface area contributed by atoms with Crippen molar-refractivity contribution in [3.63, 3.8) is 0 Å². The van der Waals surface area contributed by atoms with E-state index in [1.165, 1.54) is 23.8 Å². The molecule has 0 atom stereocenters. The molecule has 0 amide bonds. The van der Waals surface area contributed by atoms with Gasteiger partial charge in [0.15, 0.2) is 5.78 Å². The fourth-order valence-corrected chi connectivity index (χ4v) is 2.83. The summed E-state index contributed by atoms with van der Waals surface area (Å²) in [4.78, 5) is 24.1. The number of carbonyl (C=O) groups is 1. The Bertz CT molecular complexity index is 935. The lowest BCUT2D eigenvalue weighted by Crippen LogP contribution is -2.36. The number of ketones is 1. The van der Waals surface area contributed by atoms with Gasteiger partial charge in [-0.15, -0.1) is 0 Å². The second kappa shape index (κ2) is 5.37. The molecule has 0 saturated heterocycles. The van der Waals surface area contributed by atoms with Gasteiger partial charge >= 0.3 is 0 Å². The Balaban J connectivity index is 2.35. The van der Waals surface area contributed by atoms with Crippen LogP contribution in [-0.4, -0.2) is 21.1 Å². The molecule has 0 aliphatic carbocycles. The van der Waals surface area contributed by atoms with Crippen molar-refractivity contribution in [3.8, 4) is 11.5 Å². The van der Waals surface area contributed by atoms with E-state index < -0.39 is 5.60 Å². The van der Waals surface area contributed by atoms with Crippen LogP contribution in [0.1, 0.15) is 43.6 Å². The molecule has 0 spiro atoms. The minimum Gasteiger partial charge on any atom is -0.508 e. The van der Waals surface area contributed by atoms with Gasteiger partial charge in [0.25, 0.3) is 5.56 Å². The van der Waals surface area contributed by atoms with E-state index in [0.29, 0.717) is 22.6 Å². The molecule has 24 heavy (non-hydrogen) atoms. The van der Waals surface area contributed by atoms with Crippen LogP contribution in [-0.2, 0) is 0 Å². The van der Waals surface area contributed by atoms with Gasteiger partial charge in [0.1, 0.15) is 17.1 Å². The Kier molecular flexibility index (Phi) is 3.59. The lowest BCUT2D eigenvalue weighted by atomic mass is 9.89. The molecule has 1 N–H and O–H groups in total. The van der Waals surface area contributed by atoms with Crippen LogP contribution in [0.5, 0.6) is 11.5 Å². The van der Waals surface area contributed by atoms with Crippen LogP contribution >= 0.6 is 0 Å². The van der Waals surface area contributed by atoms with Gasteiger partial charge in [-0.3, -0.25) is 14.2 Å². The zero-order valence-electron chi connectivity index (χ0n) is 14.1. The van der Waals surface area contributed by atoms with Gasteiger partial charge < -0.3 is 9.84 Å². The van der Waals surface area contributed by atoms with E-state index in [2.05, 4.69) is 0 Å². The van der Waals surface area contributed by atoms with Crippen LogP contribution in [0.4, 0.5) is 0 Å². The smallest absolute Gasteiger partial charge is 0.258 e. The summed E-state index contributed by atoms with van der Waals surface area (Å²) in [6.07, 6.45) is 1.53. The van der Waals surface area contributed by atoms with Gasteiger partial charge in [0, 0.05) is 23.4 Å². The molecule has 1 aliphatic heterocycles. The average Bonchev–Trinajstić information content (AvgIpc) is 2.49. The minimum absolute atomic E-state index is 0.0577. The van der Waals surface area contributed by atoms with Gasteiger partial charge in [-0.25, -0.2) is 0 Å². The molecule has 3 rings (SSSR count). The quantitative estimate of drug-likeness (QED) is 0.861. The SMILES string of the molecule is CC(=O)c1ccc2c(c1)C(n1ccc(O)cc1=O)=C(C)C(C)(C)O2. The molecule has 1 aromatic heterocycles. The normalized spacial score (nSPS) is 15.7. The number of nitrogens with zero attached hydrogens (tertiary/aromatic N) is 1. The predicted octanol–water partition coefficient (Wildman–Crippen LogP) is 3.21. The standard InChI is InChI=1S/C19H19NO4/c1-11-18(20-8-7-14(22)10-17(20)23)15-9-13(12(2)21)5-6-16(15)24-19(11,3)4/h5-10,22H,1-4H3. The molecule has 124 valence electrons. The Morgan fingerprint density at radius 1 is 1.21 bits per heavy atom. The first-order chi connectivity index (χ1) is 11.2. The number of hydrogen-bond acceptors (Lipinski definition) is 4. The van der Waals surface area contributed by atoms with E-state index in [1.807, 2.05) is 20.8 Å². The summed E-state index contributed by atoms with van der Waals surface area (Å²) < 4.78 is 7.52. The monoisotopic (exact) mass is 325 g/mol. The third-order valence-electron chi connectivity index (χ3n) is 4.41. The maximum absolute atomic E-state index is 12.4. The second-order valence-electron chi connectivity index (χ2n) is 6.45. The number of aromatic nitrogens is 1. The minimum atomic E-state index is -0.600. The largest absolute Gasteiger partial charge is 0.508 e. The third kappa shape index (κ3) is 2.52. The molecule has 0 bridgehead atoms. The summed E-state index contributed by atoms with van der Waals surface area (Å²) in [5.41, 5.74) is 1.83. The number of hydrogen-bond donors (Lipinski definition) is 1. The molecule has 0 fully saturated rings. The summed E-state index contributed by atoms with van der Waals surface area (Å²) in [7, 11) is 0. The van der Waals surface area contributed by atoms with Crippen molar-refractivity contribution in [2.75, 3.05) is 0 Å². The van der Waals surface area contributed by atoms with Crippen molar-refractivity contribution in [1.82, 2.24) is 4.57 Å². The molecular formula is C19H19NO4. The molecule has 0 saturated carbocycles. The van der Waals surface area contributed by atoms with Gasteiger partial charge in [0.05, 0.1) is 5.70 Å². The van der Waals surface area contributed by atoms with Crippen LogP contribution in [0.2, 0.25) is 0 Å². The molecule has 1 aromatic carbocycles. The molecule has 5 nitrogen and oxygen atoms in total. The van der Waals surface area contributed by atoms with E-state index >= 15 is 0 Å². The van der Waals surface area contributed by atoms with Crippen molar-refractivity contribution >= 4 is 11.5 Å². The van der Waals surface area contributed by atoms with Gasteiger partial charge in [-0.1, -0.05) is 0 Å². The van der Waals surface area contributed by atoms with E-state index in [4.69, 9.17) is 4.74 Å². The van der Waals surface area contributed by atoms with Gasteiger partial charge in [-0.2, -0.15) is 0 Å². The average molecular weight is 325 g/mol.